The van der Waals surface area contributed by atoms with Gasteiger partial charge in [-0.2, -0.15) is 0 Å². The Balaban J connectivity index is 1.74. The Morgan fingerprint density at radius 1 is 1.14 bits per heavy atom. The van der Waals surface area contributed by atoms with Crippen LogP contribution in [-0.2, 0) is 4.79 Å². The number of carbonyl (C=O) groups excluding carboxylic acids is 2. The van der Waals surface area contributed by atoms with Crippen LogP contribution in [0.3, 0.4) is 0 Å². The second kappa shape index (κ2) is 7.68. The summed E-state index contributed by atoms with van der Waals surface area (Å²) in [5.41, 5.74) is 5.68. The maximum atomic E-state index is 12.0. The molecule has 114 valence electrons. The Kier molecular flexibility index (Phi) is 5.62. The smallest absolute Gasteiger partial charge is 0.271 e. The molecule has 2 amide bonds. The van der Waals surface area contributed by atoms with Crippen LogP contribution < -0.4 is 16.4 Å². The van der Waals surface area contributed by atoms with Crippen LogP contribution in [-0.4, -0.2) is 40.4 Å². The summed E-state index contributed by atoms with van der Waals surface area (Å²) in [5.74, 6) is -0.191. The number of nitrogens with one attached hydrogen (secondary N) is 2. The van der Waals surface area contributed by atoms with Crippen LogP contribution in [0.2, 0.25) is 0 Å². The first-order valence-electron chi connectivity index (χ1n) is 7.25. The van der Waals surface area contributed by atoms with Crippen molar-refractivity contribution >= 4 is 11.8 Å². The highest BCUT2D eigenvalue weighted by Crippen LogP contribution is 2.19. The Labute approximate surface area is 123 Å². The molecule has 7 nitrogen and oxygen atoms in total. The van der Waals surface area contributed by atoms with E-state index in [9.17, 15) is 9.59 Å². The molecule has 4 N–H and O–H groups in total. The van der Waals surface area contributed by atoms with Crippen molar-refractivity contribution in [3.8, 4) is 0 Å². The quantitative estimate of drug-likeness (QED) is 0.706. The fraction of sp³-hybridized carbons (Fsp3) is 0.571. The number of hydrogen-bond donors (Lipinski definition) is 3. The molecular weight excluding hydrogens is 270 g/mol. The Morgan fingerprint density at radius 2 is 1.81 bits per heavy atom. The summed E-state index contributed by atoms with van der Waals surface area (Å²) in [6, 6.07) is 0.316. The van der Waals surface area contributed by atoms with E-state index in [0.717, 1.165) is 25.7 Å². The third-order valence-corrected chi connectivity index (χ3v) is 3.59. The van der Waals surface area contributed by atoms with Gasteiger partial charge in [-0.3, -0.25) is 14.6 Å². The molecular formula is C14H21N5O2. The summed E-state index contributed by atoms with van der Waals surface area (Å²) >= 11 is 0. The molecule has 1 aliphatic rings. The topological polar surface area (TPSA) is 110 Å². The molecule has 1 aromatic rings. The second-order valence-electron chi connectivity index (χ2n) is 5.22. The minimum atomic E-state index is -0.196. The fourth-order valence-electron chi connectivity index (χ4n) is 2.49. The van der Waals surface area contributed by atoms with E-state index in [-0.39, 0.29) is 23.9 Å². The van der Waals surface area contributed by atoms with Crippen molar-refractivity contribution < 1.29 is 9.59 Å². The highest BCUT2D eigenvalue weighted by molar-refractivity contribution is 5.92. The van der Waals surface area contributed by atoms with Gasteiger partial charge in [0.15, 0.2) is 0 Å². The molecule has 1 saturated carbocycles. The number of amides is 2. The van der Waals surface area contributed by atoms with Gasteiger partial charge in [-0.1, -0.05) is 0 Å². The summed E-state index contributed by atoms with van der Waals surface area (Å²) in [6.45, 7) is 0.370. The molecule has 0 aromatic carbocycles. The van der Waals surface area contributed by atoms with Gasteiger partial charge in [0.25, 0.3) is 5.91 Å². The number of rotatable bonds is 5. The van der Waals surface area contributed by atoms with E-state index in [1.54, 1.807) is 0 Å². The van der Waals surface area contributed by atoms with Gasteiger partial charge < -0.3 is 16.4 Å². The highest BCUT2D eigenvalue weighted by atomic mass is 16.2. The second-order valence-corrected chi connectivity index (χ2v) is 5.22. The fourth-order valence-corrected chi connectivity index (χ4v) is 2.49. The summed E-state index contributed by atoms with van der Waals surface area (Å²) in [4.78, 5) is 31.3. The predicted octanol–water partition coefficient (Wildman–Crippen LogP) is -0.0174. The lowest BCUT2D eigenvalue weighted by Crippen LogP contribution is -2.44. The van der Waals surface area contributed by atoms with Gasteiger partial charge in [0.1, 0.15) is 5.69 Å². The standard InChI is InChI=1S/C14H21N5O2/c15-6-5-13(20)18-10-1-3-11(4-2-10)19-14(21)12-9-16-7-8-17-12/h7-11H,1-6,15H2,(H,18,20)(H,19,21). The number of carbonyl (C=O) groups is 2. The Bertz CT molecular complexity index is 472. The SMILES string of the molecule is NCCC(=O)NC1CCC(NC(=O)c2cnccn2)CC1. The van der Waals surface area contributed by atoms with E-state index in [0.29, 0.717) is 18.7 Å². The van der Waals surface area contributed by atoms with Crippen LogP contribution in [0, 0.1) is 0 Å². The van der Waals surface area contributed by atoms with Crippen molar-refractivity contribution in [2.75, 3.05) is 6.54 Å². The van der Waals surface area contributed by atoms with E-state index >= 15 is 0 Å². The monoisotopic (exact) mass is 291 g/mol. The lowest BCUT2D eigenvalue weighted by Gasteiger charge is -2.29. The summed E-state index contributed by atoms with van der Waals surface area (Å²) < 4.78 is 0. The zero-order valence-corrected chi connectivity index (χ0v) is 11.9. The normalized spacial score (nSPS) is 21.6. The molecule has 0 radical (unpaired) electrons. The molecule has 0 unspecified atom stereocenters. The maximum Gasteiger partial charge on any atom is 0.271 e. The number of aromatic nitrogens is 2. The summed E-state index contributed by atoms with van der Waals surface area (Å²) in [7, 11) is 0. The molecule has 0 atom stereocenters. The molecule has 1 aliphatic carbocycles. The lowest BCUT2D eigenvalue weighted by atomic mass is 9.91. The zero-order chi connectivity index (χ0) is 15.1. The van der Waals surface area contributed by atoms with E-state index < -0.39 is 0 Å². The molecule has 0 saturated heterocycles. The molecule has 1 heterocycles. The van der Waals surface area contributed by atoms with Crippen molar-refractivity contribution in [3.63, 3.8) is 0 Å². The first kappa shape index (κ1) is 15.4. The largest absolute Gasteiger partial charge is 0.353 e. The number of nitrogens with two attached hydrogens (primary N) is 1. The van der Waals surface area contributed by atoms with E-state index in [2.05, 4.69) is 20.6 Å². The van der Waals surface area contributed by atoms with Crippen LogP contribution >= 0.6 is 0 Å². The van der Waals surface area contributed by atoms with Crippen molar-refractivity contribution in [3.05, 3.63) is 24.3 Å². The molecule has 0 aliphatic heterocycles. The van der Waals surface area contributed by atoms with Crippen LogP contribution in [0.25, 0.3) is 0 Å². The van der Waals surface area contributed by atoms with E-state index in [1.165, 1.54) is 18.6 Å². The summed E-state index contributed by atoms with van der Waals surface area (Å²) in [5, 5.41) is 5.93. The molecule has 2 rings (SSSR count). The highest BCUT2D eigenvalue weighted by Gasteiger charge is 2.23. The van der Waals surface area contributed by atoms with Crippen LogP contribution in [0.5, 0.6) is 0 Å². The average Bonchev–Trinajstić information content (AvgIpc) is 2.50. The van der Waals surface area contributed by atoms with Crippen LogP contribution in [0.15, 0.2) is 18.6 Å². The van der Waals surface area contributed by atoms with Crippen LogP contribution in [0.1, 0.15) is 42.6 Å². The number of hydrogen-bond acceptors (Lipinski definition) is 5. The lowest BCUT2D eigenvalue weighted by molar-refractivity contribution is -0.121. The molecule has 0 spiro atoms. The minimum absolute atomic E-state index is 0.00421. The van der Waals surface area contributed by atoms with Gasteiger partial charge in [-0.15, -0.1) is 0 Å². The maximum absolute atomic E-state index is 12.0. The minimum Gasteiger partial charge on any atom is -0.353 e. The van der Waals surface area contributed by atoms with Crippen molar-refractivity contribution in [1.29, 1.82) is 0 Å². The van der Waals surface area contributed by atoms with Gasteiger partial charge in [0.2, 0.25) is 5.91 Å². The molecule has 0 bridgehead atoms. The Morgan fingerprint density at radius 3 is 2.38 bits per heavy atom. The Hall–Kier alpha value is -2.02. The molecule has 21 heavy (non-hydrogen) atoms. The first-order chi connectivity index (χ1) is 10.2. The van der Waals surface area contributed by atoms with Crippen molar-refractivity contribution in [2.45, 2.75) is 44.2 Å². The van der Waals surface area contributed by atoms with Crippen molar-refractivity contribution in [1.82, 2.24) is 20.6 Å². The van der Waals surface area contributed by atoms with E-state index in [1.807, 2.05) is 0 Å². The zero-order valence-electron chi connectivity index (χ0n) is 11.9. The van der Waals surface area contributed by atoms with Crippen LogP contribution in [0.4, 0.5) is 0 Å². The number of nitrogens with zero attached hydrogens (tertiary/aromatic N) is 2. The van der Waals surface area contributed by atoms with Crippen molar-refractivity contribution in [2.24, 2.45) is 5.73 Å². The van der Waals surface area contributed by atoms with Gasteiger partial charge in [-0.05, 0) is 25.7 Å². The third kappa shape index (κ3) is 4.78. The molecule has 7 heteroatoms. The average molecular weight is 291 g/mol. The predicted molar refractivity (Wildman–Crippen MR) is 77.4 cm³/mol. The summed E-state index contributed by atoms with van der Waals surface area (Å²) in [6.07, 6.45) is 8.27. The van der Waals surface area contributed by atoms with Gasteiger partial charge in [0, 0.05) is 37.4 Å². The van der Waals surface area contributed by atoms with E-state index in [4.69, 9.17) is 5.73 Å². The molecule has 1 fully saturated rings. The first-order valence-corrected chi connectivity index (χ1v) is 7.25. The molecule has 1 aromatic heterocycles. The van der Waals surface area contributed by atoms with Gasteiger partial charge in [-0.25, -0.2) is 4.98 Å². The van der Waals surface area contributed by atoms with Gasteiger partial charge >= 0.3 is 0 Å². The van der Waals surface area contributed by atoms with Gasteiger partial charge in [0.05, 0.1) is 6.20 Å². The third-order valence-electron chi connectivity index (χ3n) is 3.59.